The molecule has 84 valence electrons. The molecule has 1 aromatic rings. The second kappa shape index (κ2) is 5.89. The zero-order valence-electron chi connectivity index (χ0n) is 9.86. The monoisotopic (exact) mass is 207 g/mol. The van der Waals surface area contributed by atoms with Gasteiger partial charge in [0.05, 0.1) is 12.1 Å². The van der Waals surface area contributed by atoms with Gasteiger partial charge in [-0.1, -0.05) is 43.2 Å². The molecule has 0 bridgehead atoms. The predicted octanol–water partition coefficient (Wildman–Crippen LogP) is 2.81. The van der Waals surface area contributed by atoms with E-state index in [0.29, 0.717) is 0 Å². The molecule has 0 saturated heterocycles. The minimum atomic E-state index is -0.0180. The van der Waals surface area contributed by atoms with Crippen molar-refractivity contribution in [1.82, 2.24) is 0 Å². The van der Waals surface area contributed by atoms with E-state index >= 15 is 0 Å². The lowest BCUT2D eigenvalue weighted by Gasteiger charge is -2.22. The van der Waals surface area contributed by atoms with Gasteiger partial charge in [-0.15, -0.1) is 0 Å². The molecule has 2 heteroatoms. The molecule has 15 heavy (non-hydrogen) atoms. The summed E-state index contributed by atoms with van der Waals surface area (Å²) < 4.78 is 5.41. The van der Waals surface area contributed by atoms with Gasteiger partial charge in [-0.05, 0) is 18.9 Å². The second-order valence-corrected chi connectivity index (χ2v) is 4.00. The normalized spacial score (nSPS) is 14.9. The van der Waals surface area contributed by atoms with E-state index in [9.17, 15) is 0 Å². The van der Waals surface area contributed by atoms with Crippen LogP contribution >= 0.6 is 0 Å². The fraction of sp³-hybridized carbons (Fsp3) is 0.538. The summed E-state index contributed by atoms with van der Waals surface area (Å²) in [5.74, 6) is 0. The first-order valence-electron chi connectivity index (χ1n) is 5.54. The molecule has 0 aliphatic rings. The smallest absolute Gasteiger partial charge is 0.0763 e. The summed E-state index contributed by atoms with van der Waals surface area (Å²) in [6, 6.07) is 8.33. The van der Waals surface area contributed by atoms with Crippen LogP contribution < -0.4 is 5.73 Å². The molecule has 0 heterocycles. The lowest BCUT2D eigenvalue weighted by molar-refractivity contribution is 0.0725. The Labute approximate surface area is 92.4 Å². The maximum atomic E-state index is 6.16. The first-order valence-corrected chi connectivity index (χ1v) is 5.54. The summed E-state index contributed by atoms with van der Waals surface area (Å²) in [7, 11) is 1.73. The van der Waals surface area contributed by atoms with Crippen LogP contribution in [-0.2, 0) is 4.74 Å². The molecule has 0 fully saturated rings. The van der Waals surface area contributed by atoms with Crippen LogP contribution in [-0.4, -0.2) is 13.2 Å². The Morgan fingerprint density at radius 3 is 2.33 bits per heavy atom. The van der Waals surface area contributed by atoms with E-state index in [2.05, 4.69) is 38.1 Å². The average Bonchev–Trinajstić information content (AvgIpc) is 2.26. The number of nitrogens with two attached hydrogens (primary N) is 1. The molecule has 0 amide bonds. The molecule has 0 aliphatic carbocycles. The van der Waals surface area contributed by atoms with E-state index in [1.54, 1.807) is 7.11 Å². The van der Waals surface area contributed by atoms with Gasteiger partial charge in [-0.25, -0.2) is 0 Å². The number of hydrogen-bond acceptors (Lipinski definition) is 2. The van der Waals surface area contributed by atoms with Crippen molar-refractivity contribution in [2.45, 2.75) is 38.8 Å². The summed E-state index contributed by atoms with van der Waals surface area (Å²) in [5.41, 5.74) is 8.57. The number of hydrogen-bond donors (Lipinski definition) is 1. The van der Waals surface area contributed by atoms with E-state index < -0.39 is 0 Å². The van der Waals surface area contributed by atoms with Crippen LogP contribution in [0.3, 0.4) is 0 Å². The van der Waals surface area contributed by atoms with Gasteiger partial charge in [-0.3, -0.25) is 0 Å². The molecule has 1 rings (SSSR count). The van der Waals surface area contributed by atoms with Crippen LogP contribution in [0.1, 0.15) is 36.9 Å². The summed E-state index contributed by atoms with van der Waals surface area (Å²) in [5, 5.41) is 0. The highest BCUT2D eigenvalue weighted by Crippen LogP contribution is 2.20. The lowest BCUT2D eigenvalue weighted by Crippen LogP contribution is -2.27. The Morgan fingerprint density at radius 2 is 1.87 bits per heavy atom. The summed E-state index contributed by atoms with van der Waals surface area (Å²) in [6.45, 7) is 4.23. The minimum Gasteiger partial charge on any atom is -0.379 e. The van der Waals surface area contributed by atoms with E-state index in [1.165, 1.54) is 5.56 Å². The molecule has 2 atom stereocenters. The zero-order chi connectivity index (χ0) is 11.3. The van der Waals surface area contributed by atoms with Crippen LogP contribution in [0.2, 0.25) is 0 Å². The third kappa shape index (κ3) is 3.33. The molecular weight excluding hydrogens is 186 g/mol. The fourth-order valence-corrected chi connectivity index (χ4v) is 1.73. The first-order chi connectivity index (χ1) is 7.19. The first kappa shape index (κ1) is 12.2. The fourth-order valence-electron chi connectivity index (χ4n) is 1.73. The SMILES string of the molecule is CCCC(OC)C(N)c1ccc(C)cc1. The standard InChI is InChI=1S/C13H21NO/c1-4-5-12(15-3)13(14)11-8-6-10(2)7-9-11/h6-9,12-13H,4-5,14H2,1-3H3. The van der Waals surface area contributed by atoms with E-state index in [-0.39, 0.29) is 12.1 Å². The van der Waals surface area contributed by atoms with E-state index in [4.69, 9.17) is 10.5 Å². The average molecular weight is 207 g/mol. The maximum absolute atomic E-state index is 6.16. The van der Waals surface area contributed by atoms with Crippen LogP contribution in [0.4, 0.5) is 0 Å². The van der Waals surface area contributed by atoms with Gasteiger partial charge in [0.2, 0.25) is 0 Å². The van der Waals surface area contributed by atoms with Gasteiger partial charge < -0.3 is 10.5 Å². The zero-order valence-corrected chi connectivity index (χ0v) is 9.86. The Bertz CT molecular complexity index is 281. The molecule has 0 aromatic heterocycles. The van der Waals surface area contributed by atoms with Crippen LogP contribution in [0, 0.1) is 6.92 Å². The van der Waals surface area contributed by atoms with Crippen molar-refractivity contribution in [2.24, 2.45) is 5.73 Å². The Balaban J connectivity index is 2.73. The Kier molecular flexibility index (Phi) is 4.79. The quantitative estimate of drug-likeness (QED) is 0.805. The molecule has 0 saturated carbocycles. The molecule has 0 spiro atoms. The molecule has 0 radical (unpaired) electrons. The van der Waals surface area contributed by atoms with Crippen molar-refractivity contribution >= 4 is 0 Å². The van der Waals surface area contributed by atoms with Gasteiger partial charge in [-0.2, -0.15) is 0 Å². The summed E-state index contributed by atoms with van der Waals surface area (Å²) >= 11 is 0. The highest BCUT2D eigenvalue weighted by molar-refractivity contribution is 5.24. The van der Waals surface area contributed by atoms with E-state index in [0.717, 1.165) is 18.4 Å². The molecule has 2 N–H and O–H groups in total. The minimum absolute atomic E-state index is 0.0180. The van der Waals surface area contributed by atoms with Crippen molar-refractivity contribution < 1.29 is 4.74 Å². The molecule has 2 nitrogen and oxygen atoms in total. The maximum Gasteiger partial charge on any atom is 0.0763 e. The van der Waals surface area contributed by atoms with Crippen molar-refractivity contribution in [1.29, 1.82) is 0 Å². The Hall–Kier alpha value is -0.860. The van der Waals surface area contributed by atoms with Gasteiger partial charge >= 0.3 is 0 Å². The van der Waals surface area contributed by atoms with Gasteiger partial charge in [0.25, 0.3) is 0 Å². The summed E-state index contributed by atoms with van der Waals surface area (Å²) in [4.78, 5) is 0. The highest BCUT2D eigenvalue weighted by atomic mass is 16.5. The highest BCUT2D eigenvalue weighted by Gasteiger charge is 2.17. The third-order valence-corrected chi connectivity index (χ3v) is 2.74. The van der Waals surface area contributed by atoms with E-state index in [1.807, 2.05) is 0 Å². The molecule has 2 unspecified atom stereocenters. The Morgan fingerprint density at radius 1 is 1.27 bits per heavy atom. The van der Waals surface area contributed by atoms with Crippen molar-refractivity contribution in [3.05, 3.63) is 35.4 Å². The largest absolute Gasteiger partial charge is 0.379 e. The van der Waals surface area contributed by atoms with Gasteiger partial charge in [0, 0.05) is 7.11 Å². The number of aryl methyl sites for hydroxylation is 1. The van der Waals surface area contributed by atoms with Crippen molar-refractivity contribution in [2.75, 3.05) is 7.11 Å². The topological polar surface area (TPSA) is 35.2 Å². The van der Waals surface area contributed by atoms with Crippen LogP contribution in [0.25, 0.3) is 0 Å². The number of ether oxygens (including phenoxy) is 1. The molecule has 0 aliphatic heterocycles. The second-order valence-electron chi connectivity index (χ2n) is 4.00. The molecule has 1 aromatic carbocycles. The van der Waals surface area contributed by atoms with Gasteiger partial charge in [0.15, 0.2) is 0 Å². The van der Waals surface area contributed by atoms with Crippen LogP contribution in [0.5, 0.6) is 0 Å². The number of methoxy groups -OCH3 is 1. The lowest BCUT2D eigenvalue weighted by atomic mass is 9.98. The van der Waals surface area contributed by atoms with Crippen LogP contribution in [0.15, 0.2) is 24.3 Å². The molecular formula is C13H21NO. The summed E-state index contributed by atoms with van der Waals surface area (Å²) in [6.07, 6.45) is 2.22. The number of rotatable bonds is 5. The van der Waals surface area contributed by atoms with Crippen molar-refractivity contribution in [3.63, 3.8) is 0 Å². The van der Waals surface area contributed by atoms with Crippen molar-refractivity contribution in [3.8, 4) is 0 Å². The number of benzene rings is 1. The third-order valence-electron chi connectivity index (χ3n) is 2.74. The predicted molar refractivity (Wildman–Crippen MR) is 63.8 cm³/mol. The van der Waals surface area contributed by atoms with Gasteiger partial charge in [0.1, 0.15) is 0 Å².